The highest BCUT2D eigenvalue weighted by molar-refractivity contribution is 8.00. The Kier molecular flexibility index (Phi) is 6.13. The third-order valence-corrected chi connectivity index (χ3v) is 7.10. The minimum absolute atomic E-state index is 0.158. The number of rotatable bonds is 6. The molecule has 2 aromatic rings. The molecule has 1 fully saturated rings. The molecule has 0 aliphatic carbocycles. The van der Waals surface area contributed by atoms with E-state index in [9.17, 15) is 17.6 Å². The molecule has 1 aromatic carbocycles. The predicted octanol–water partition coefficient (Wildman–Crippen LogP) is 3.12. The monoisotopic (exact) mass is 409 g/mol. The van der Waals surface area contributed by atoms with E-state index in [4.69, 9.17) is 0 Å². The van der Waals surface area contributed by atoms with Crippen molar-refractivity contribution in [1.82, 2.24) is 9.29 Å². The summed E-state index contributed by atoms with van der Waals surface area (Å²) in [6, 6.07) is 8.78. The van der Waals surface area contributed by atoms with Crippen LogP contribution in [0.4, 0.5) is 10.1 Å². The Morgan fingerprint density at radius 1 is 1.26 bits per heavy atom. The Bertz CT molecular complexity index is 914. The Hall–Kier alpha value is -1.97. The molecule has 3 rings (SSSR count). The number of amides is 1. The van der Waals surface area contributed by atoms with Gasteiger partial charge in [0.1, 0.15) is 10.7 Å². The molecule has 0 saturated carbocycles. The number of sulfonamides is 1. The van der Waals surface area contributed by atoms with Crippen molar-refractivity contribution < 1.29 is 17.6 Å². The van der Waals surface area contributed by atoms with E-state index in [0.29, 0.717) is 23.8 Å². The van der Waals surface area contributed by atoms with Crippen LogP contribution in [-0.2, 0) is 14.8 Å². The van der Waals surface area contributed by atoms with Gasteiger partial charge in [0.2, 0.25) is 15.9 Å². The quantitative estimate of drug-likeness (QED) is 0.742. The van der Waals surface area contributed by atoms with Crippen LogP contribution in [0.2, 0.25) is 0 Å². The molecule has 6 nitrogen and oxygen atoms in total. The van der Waals surface area contributed by atoms with Gasteiger partial charge in [-0.05, 0) is 50.1 Å². The Labute approximate surface area is 162 Å². The number of hydrogen-bond acceptors (Lipinski definition) is 5. The number of hydrogen-bond donors (Lipinski definition) is 1. The van der Waals surface area contributed by atoms with Crippen molar-refractivity contribution in [1.29, 1.82) is 0 Å². The summed E-state index contributed by atoms with van der Waals surface area (Å²) in [6.07, 6.45) is 3.07. The van der Waals surface area contributed by atoms with E-state index in [0.717, 1.165) is 12.8 Å². The second kappa shape index (κ2) is 8.37. The molecule has 1 atom stereocenters. The standard InChI is InChI=1S/C18H20FN3O3S2/c1-13(18(23)21-15-6-4-5-14(19)11-15)26-17-8-7-16(12-20-17)27(24,25)22-9-2-3-10-22/h4-8,11-13H,2-3,9-10H2,1H3,(H,21,23). The highest BCUT2D eigenvalue weighted by atomic mass is 32.2. The number of carbonyl (C=O) groups excluding carboxylic acids is 1. The maximum atomic E-state index is 13.2. The smallest absolute Gasteiger partial charge is 0.244 e. The number of aromatic nitrogens is 1. The normalized spacial score (nSPS) is 16.2. The van der Waals surface area contributed by atoms with Crippen molar-refractivity contribution in [3.63, 3.8) is 0 Å². The number of pyridine rings is 1. The van der Waals surface area contributed by atoms with Gasteiger partial charge in [0.25, 0.3) is 0 Å². The molecule has 2 heterocycles. The van der Waals surface area contributed by atoms with E-state index < -0.39 is 21.1 Å². The average Bonchev–Trinajstić information content (AvgIpc) is 3.17. The first-order valence-corrected chi connectivity index (χ1v) is 10.9. The molecule has 1 aliphatic heterocycles. The summed E-state index contributed by atoms with van der Waals surface area (Å²) in [5.41, 5.74) is 0.382. The lowest BCUT2D eigenvalue weighted by Crippen LogP contribution is -2.28. The van der Waals surface area contributed by atoms with Gasteiger partial charge in [0, 0.05) is 25.0 Å². The largest absolute Gasteiger partial charge is 0.325 e. The number of nitrogens with zero attached hydrogens (tertiary/aromatic N) is 2. The molecule has 0 bridgehead atoms. The van der Waals surface area contributed by atoms with Gasteiger partial charge in [-0.3, -0.25) is 4.79 Å². The minimum atomic E-state index is -3.50. The highest BCUT2D eigenvalue weighted by Crippen LogP contribution is 2.25. The summed E-state index contributed by atoms with van der Waals surface area (Å²) >= 11 is 1.20. The van der Waals surface area contributed by atoms with Gasteiger partial charge in [-0.2, -0.15) is 4.31 Å². The summed E-state index contributed by atoms with van der Waals surface area (Å²) in [5.74, 6) is -0.717. The van der Waals surface area contributed by atoms with Crippen molar-refractivity contribution in [3.8, 4) is 0 Å². The number of nitrogens with one attached hydrogen (secondary N) is 1. The molecule has 0 radical (unpaired) electrons. The van der Waals surface area contributed by atoms with E-state index >= 15 is 0 Å². The predicted molar refractivity (Wildman–Crippen MR) is 103 cm³/mol. The lowest BCUT2D eigenvalue weighted by atomic mass is 10.3. The van der Waals surface area contributed by atoms with Gasteiger partial charge in [-0.1, -0.05) is 17.8 Å². The Morgan fingerprint density at radius 3 is 2.63 bits per heavy atom. The molecule has 1 saturated heterocycles. The van der Waals surface area contributed by atoms with Crippen LogP contribution >= 0.6 is 11.8 Å². The molecule has 0 spiro atoms. The molecule has 144 valence electrons. The second-order valence-corrected chi connectivity index (χ2v) is 9.50. The fourth-order valence-corrected chi connectivity index (χ4v) is 4.96. The van der Waals surface area contributed by atoms with Crippen molar-refractivity contribution in [3.05, 3.63) is 48.4 Å². The molecular formula is C18H20FN3O3S2. The fourth-order valence-electron chi connectivity index (χ4n) is 2.71. The molecule has 1 unspecified atom stereocenters. The van der Waals surface area contributed by atoms with Crippen molar-refractivity contribution in [2.75, 3.05) is 18.4 Å². The zero-order chi connectivity index (χ0) is 19.4. The maximum absolute atomic E-state index is 13.2. The molecule has 1 aromatic heterocycles. The Balaban J connectivity index is 1.62. The highest BCUT2D eigenvalue weighted by Gasteiger charge is 2.27. The van der Waals surface area contributed by atoms with Crippen molar-refractivity contribution in [2.45, 2.75) is 34.9 Å². The number of anilines is 1. The first-order valence-electron chi connectivity index (χ1n) is 8.55. The Morgan fingerprint density at radius 2 is 2.00 bits per heavy atom. The van der Waals surface area contributed by atoms with Gasteiger partial charge < -0.3 is 5.32 Å². The van der Waals surface area contributed by atoms with Gasteiger partial charge in [-0.15, -0.1) is 0 Å². The van der Waals surface area contributed by atoms with Crippen LogP contribution in [0, 0.1) is 5.82 Å². The molecule has 1 aliphatic rings. The van der Waals surface area contributed by atoms with Crippen LogP contribution in [0.5, 0.6) is 0 Å². The molecule has 27 heavy (non-hydrogen) atoms. The average molecular weight is 410 g/mol. The van der Waals surface area contributed by atoms with E-state index in [1.54, 1.807) is 19.1 Å². The van der Waals surface area contributed by atoms with Gasteiger partial charge in [0.05, 0.1) is 10.3 Å². The topological polar surface area (TPSA) is 79.4 Å². The third-order valence-electron chi connectivity index (χ3n) is 4.17. The van der Waals surface area contributed by atoms with Crippen molar-refractivity contribution >= 4 is 33.4 Å². The van der Waals surface area contributed by atoms with Crippen LogP contribution in [0.25, 0.3) is 0 Å². The fraction of sp³-hybridized carbons (Fsp3) is 0.333. The molecule has 9 heteroatoms. The first-order chi connectivity index (χ1) is 12.9. The number of benzene rings is 1. The summed E-state index contributed by atoms with van der Waals surface area (Å²) in [7, 11) is -3.50. The lowest BCUT2D eigenvalue weighted by molar-refractivity contribution is -0.115. The van der Waals surface area contributed by atoms with E-state index in [-0.39, 0.29) is 10.8 Å². The number of halogens is 1. The summed E-state index contributed by atoms with van der Waals surface area (Å²) in [6.45, 7) is 2.78. The van der Waals surface area contributed by atoms with Crippen LogP contribution in [0.1, 0.15) is 19.8 Å². The van der Waals surface area contributed by atoms with Gasteiger partial charge in [0.15, 0.2) is 0 Å². The summed E-state index contributed by atoms with van der Waals surface area (Å²) in [4.78, 5) is 16.6. The zero-order valence-corrected chi connectivity index (χ0v) is 16.4. The van der Waals surface area contributed by atoms with Crippen LogP contribution < -0.4 is 5.32 Å². The van der Waals surface area contributed by atoms with Crippen molar-refractivity contribution in [2.24, 2.45) is 0 Å². The van der Waals surface area contributed by atoms with E-state index in [2.05, 4.69) is 10.3 Å². The molecule has 1 amide bonds. The minimum Gasteiger partial charge on any atom is -0.325 e. The SMILES string of the molecule is CC(Sc1ccc(S(=O)(=O)N2CCCC2)cn1)C(=O)Nc1cccc(F)c1. The van der Waals surface area contributed by atoms with E-state index in [1.165, 1.54) is 46.5 Å². The zero-order valence-electron chi connectivity index (χ0n) is 14.8. The van der Waals surface area contributed by atoms with E-state index in [1.807, 2.05) is 0 Å². The molecular weight excluding hydrogens is 389 g/mol. The van der Waals surface area contributed by atoms with Gasteiger partial charge >= 0.3 is 0 Å². The summed E-state index contributed by atoms with van der Waals surface area (Å²) < 4.78 is 39.6. The first kappa shape index (κ1) is 19.8. The summed E-state index contributed by atoms with van der Waals surface area (Å²) in [5, 5.41) is 2.70. The number of carbonyl (C=O) groups is 1. The lowest BCUT2D eigenvalue weighted by Gasteiger charge is -2.15. The van der Waals surface area contributed by atoms with Crippen LogP contribution in [0.3, 0.4) is 0 Å². The van der Waals surface area contributed by atoms with Crippen LogP contribution in [0.15, 0.2) is 52.5 Å². The second-order valence-electron chi connectivity index (χ2n) is 6.20. The maximum Gasteiger partial charge on any atom is 0.244 e. The van der Waals surface area contributed by atoms with Crippen LogP contribution in [-0.4, -0.2) is 42.0 Å². The molecule has 1 N–H and O–H groups in total. The van der Waals surface area contributed by atoms with Gasteiger partial charge in [-0.25, -0.2) is 17.8 Å². The number of thioether (sulfide) groups is 1. The third kappa shape index (κ3) is 4.85.